The minimum Gasteiger partial charge on any atom is -0.429 e. The van der Waals surface area contributed by atoms with E-state index >= 15 is 0 Å². The minimum absolute atomic E-state index is 0.0944. The summed E-state index contributed by atoms with van der Waals surface area (Å²) in [6.45, 7) is 4.59. The van der Waals surface area contributed by atoms with Crippen LogP contribution in [0.4, 0.5) is 0 Å². The molecule has 0 saturated carbocycles. The van der Waals surface area contributed by atoms with Gasteiger partial charge in [0.15, 0.2) is 6.29 Å². The van der Waals surface area contributed by atoms with Gasteiger partial charge in [0.2, 0.25) is 12.6 Å². The van der Waals surface area contributed by atoms with Crippen molar-refractivity contribution in [3.63, 3.8) is 0 Å². The molecule has 3 rings (SSSR count). The third kappa shape index (κ3) is 13.3. The van der Waals surface area contributed by atoms with Crippen LogP contribution in [0.1, 0.15) is 27.7 Å². The maximum absolute atomic E-state index is 12.7. The quantitative estimate of drug-likeness (QED) is 0.0445. The molecule has 3 aliphatic rings. The Morgan fingerprint density at radius 2 is 0.825 bits per heavy atom. The molecule has 19 heteroatoms. The van der Waals surface area contributed by atoms with Gasteiger partial charge in [-0.3, -0.25) is 0 Å². The van der Waals surface area contributed by atoms with E-state index in [1.807, 2.05) is 6.92 Å². The molecule has 3 fully saturated rings. The van der Waals surface area contributed by atoms with E-state index in [1.54, 1.807) is 55.5 Å². The van der Waals surface area contributed by atoms with Crippen LogP contribution in [0.5, 0.6) is 0 Å². The first-order valence-corrected chi connectivity index (χ1v) is 18.0. The molecule has 0 amide bonds. The summed E-state index contributed by atoms with van der Waals surface area (Å²) in [4.78, 5) is 25.2. The standard InChI is InChI=1S/C38H54O19/c1-18(11-7-13-20(3)34(50)56-37-32(48)29(45)26(42)23(16-40)54-37)9-5-6-10-19(2)12-8-14-21(4)35(51)57-38-33(49)30(46)27(43)24(55-38)17-52-36-31(47)28(44)25(41)22(15-39)53-36/h5-14,22-33,36-49H,15-17H2,1-4H3/b6-5+,11-7?,12-8+,18-9?,19-10+,20-13?,21-14+/t22-,23+,24-,25-,26+,27-,28+,29-,30+,31-,32+,33-,36-,37-,38+/m1/s1. The van der Waals surface area contributed by atoms with Gasteiger partial charge in [0.1, 0.15) is 73.2 Å². The van der Waals surface area contributed by atoms with Crippen LogP contribution >= 0.6 is 0 Å². The predicted octanol–water partition coefficient (Wildman–Crippen LogP) is -3.05. The van der Waals surface area contributed by atoms with Crippen LogP contribution in [0.2, 0.25) is 0 Å². The van der Waals surface area contributed by atoms with Crippen LogP contribution in [0.15, 0.2) is 83.1 Å². The van der Waals surface area contributed by atoms with Gasteiger partial charge in [-0.05, 0) is 27.7 Å². The number of esters is 2. The highest BCUT2D eigenvalue weighted by molar-refractivity contribution is 5.88. The van der Waals surface area contributed by atoms with Crippen molar-refractivity contribution in [2.45, 2.75) is 120 Å². The smallest absolute Gasteiger partial charge is 0.336 e. The Morgan fingerprint density at radius 3 is 1.23 bits per heavy atom. The summed E-state index contributed by atoms with van der Waals surface area (Å²) in [6.07, 6.45) is -7.55. The first kappa shape index (κ1) is 47.9. The Bertz CT molecular complexity index is 1550. The molecule has 11 N–H and O–H groups in total. The van der Waals surface area contributed by atoms with Gasteiger partial charge in [0.25, 0.3) is 0 Å². The lowest BCUT2D eigenvalue weighted by Crippen LogP contribution is -2.61. The van der Waals surface area contributed by atoms with Gasteiger partial charge in [0, 0.05) is 11.1 Å². The van der Waals surface area contributed by atoms with E-state index in [-0.39, 0.29) is 11.1 Å². The van der Waals surface area contributed by atoms with Crippen LogP contribution in [0, 0.1) is 0 Å². The number of aliphatic hydroxyl groups is 11. The topological polar surface area (TPSA) is 312 Å². The number of carbonyl (C=O) groups is 2. The minimum atomic E-state index is -1.83. The van der Waals surface area contributed by atoms with E-state index in [9.17, 15) is 65.8 Å². The van der Waals surface area contributed by atoms with Gasteiger partial charge in [-0.25, -0.2) is 9.59 Å². The number of carbonyl (C=O) groups excluding carboxylic acids is 2. The zero-order valence-electron chi connectivity index (χ0n) is 31.7. The molecule has 0 aromatic heterocycles. The zero-order chi connectivity index (χ0) is 42.6. The molecule has 3 saturated heterocycles. The zero-order valence-corrected chi connectivity index (χ0v) is 31.7. The van der Waals surface area contributed by atoms with Crippen molar-refractivity contribution in [3.8, 4) is 0 Å². The van der Waals surface area contributed by atoms with Gasteiger partial charge in [-0.15, -0.1) is 0 Å². The molecule has 0 bridgehead atoms. The lowest BCUT2D eigenvalue weighted by molar-refractivity contribution is -0.326. The average molecular weight is 815 g/mol. The lowest BCUT2D eigenvalue weighted by atomic mass is 9.98. The summed E-state index contributed by atoms with van der Waals surface area (Å²) < 4.78 is 31.6. The van der Waals surface area contributed by atoms with Crippen LogP contribution in [0.25, 0.3) is 0 Å². The first-order valence-electron chi connectivity index (χ1n) is 18.0. The molecular formula is C38H54O19. The molecular weight excluding hydrogens is 760 g/mol. The summed E-state index contributed by atoms with van der Waals surface area (Å²) in [5, 5.41) is 110. The van der Waals surface area contributed by atoms with E-state index in [2.05, 4.69) is 0 Å². The highest BCUT2D eigenvalue weighted by Gasteiger charge is 2.48. The second-order valence-electron chi connectivity index (χ2n) is 13.7. The van der Waals surface area contributed by atoms with Crippen molar-refractivity contribution in [1.82, 2.24) is 0 Å². The monoisotopic (exact) mass is 814 g/mol. The van der Waals surface area contributed by atoms with Crippen LogP contribution in [-0.4, -0.2) is 180 Å². The molecule has 57 heavy (non-hydrogen) atoms. The van der Waals surface area contributed by atoms with E-state index in [0.717, 1.165) is 11.1 Å². The fourth-order valence-corrected chi connectivity index (χ4v) is 5.46. The van der Waals surface area contributed by atoms with Gasteiger partial charge < -0.3 is 84.6 Å². The SMILES string of the molecule is CC(C=CC=C(C)C(=O)O[C@H]1O[C@@H](CO)[C@H](O)[C@@H](O)[C@@H]1O)=C/C=C/C=C(C)/C=C/C=C(\C)C(=O)O[C@@H]1O[C@H](CO[C@@H]2O[C@H](CO)[C@@H](O)[C@H](O)[C@H]2O)[C@@H](O)[C@H](O)[C@H]1O. The predicted molar refractivity (Wildman–Crippen MR) is 195 cm³/mol. The number of rotatable bonds is 15. The number of hydrogen-bond donors (Lipinski definition) is 11. The highest BCUT2D eigenvalue weighted by Crippen LogP contribution is 2.27. The summed E-state index contributed by atoms with van der Waals surface area (Å²) in [5.74, 6) is -1.75. The Balaban J connectivity index is 1.48. The summed E-state index contributed by atoms with van der Waals surface area (Å²) >= 11 is 0. The summed E-state index contributed by atoms with van der Waals surface area (Å²) in [7, 11) is 0. The molecule has 19 nitrogen and oxygen atoms in total. The van der Waals surface area contributed by atoms with Gasteiger partial charge in [-0.2, -0.15) is 0 Å². The van der Waals surface area contributed by atoms with E-state index in [1.165, 1.54) is 26.0 Å². The second kappa shape index (κ2) is 22.6. The van der Waals surface area contributed by atoms with E-state index < -0.39 is 124 Å². The normalized spacial score (nSPS) is 37.6. The molecule has 15 atom stereocenters. The van der Waals surface area contributed by atoms with Crippen molar-refractivity contribution >= 4 is 11.9 Å². The molecule has 0 spiro atoms. The molecule has 3 heterocycles. The van der Waals surface area contributed by atoms with Crippen molar-refractivity contribution in [1.29, 1.82) is 0 Å². The maximum atomic E-state index is 12.7. The van der Waals surface area contributed by atoms with E-state index in [4.69, 9.17) is 28.4 Å². The molecule has 3 aliphatic heterocycles. The molecule has 0 radical (unpaired) electrons. The highest BCUT2D eigenvalue weighted by atomic mass is 16.7. The molecule has 0 aromatic carbocycles. The lowest BCUT2D eigenvalue weighted by Gasteiger charge is -2.42. The Labute approximate surface area is 328 Å². The Morgan fingerprint density at radius 1 is 0.474 bits per heavy atom. The fraction of sp³-hybridized carbons (Fsp3) is 0.579. The average Bonchev–Trinajstić information content (AvgIpc) is 3.18. The van der Waals surface area contributed by atoms with Crippen molar-refractivity contribution < 1.29 is 94.2 Å². The Hall–Kier alpha value is -3.48. The van der Waals surface area contributed by atoms with Gasteiger partial charge in [0.05, 0.1) is 19.8 Å². The van der Waals surface area contributed by atoms with Crippen LogP contribution < -0.4 is 0 Å². The van der Waals surface area contributed by atoms with E-state index in [0.29, 0.717) is 0 Å². The number of aliphatic hydroxyl groups excluding tert-OH is 11. The number of allylic oxidation sites excluding steroid dienone is 12. The Kier molecular flexibility index (Phi) is 19.0. The van der Waals surface area contributed by atoms with Crippen LogP contribution in [0.3, 0.4) is 0 Å². The number of ether oxygens (including phenoxy) is 6. The summed E-state index contributed by atoms with van der Waals surface area (Å²) in [6, 6.07) is 0. The fourth-order valence-electron chi connectivity index (χ4n) is 5.46. The molecule has 0 aromatic rings. The largest absolute Gasteiger partial charge is 0.429 e. The second-order valence-corrected chi connectivity index (χ2v) is 13.7. The third-order valence-electron chi connectivity index (χ3n) is 9.12. The maximum Gasteiger partial charge on any atom is 0.336 e. The van der Waals surface area contributed by atoms with Crippen molar-refractivity contribution in [2.75, 3.05) is 19.8 Å². The van der Waals surface area contributed by atoms with Gasteiger partial charge >= 0.3 is 11.9 Å². The molecule has 0 aliphatic carbocycles. The molecule has 0 unspecified atom stereocenters. The first-order chi connectivity index (χ1) is 26.9. The third-order valence-corrected chi connectivity index (χ3v) is 9.12. The van der Waals surface area contributed by atoms with Crippen molar-refractivity contribution in [3.05, 3.63) is 83.1 Å². The van der Waals surface area contributed by atoms with Gasteiger partial charge in [-0.1, -0.05) is 71.9 Å². The van der Waals surface area contributed by atoms with Crippen LogP contribution in [-0.2, 0) is 38.0 Å². The van der Waals surface area contributed by atoms with Crippen molar-refractivity contribution in [2.24, 2.45) is 0 Å². The number of hydrogen-bond acceptors (Lipinski definition) is 19. The summed E-state index contributed by atoms with van der Waals surface area (Å²) in [5.41, 5.74) is 1.86. The molecule has 320 valence electrons.